The second-order valence-electron chi connectivity index (χ2n) is 6.53. The molecule has 1 amide bonds. The third-order valence-corrected chi connectivity index (χ3v) is 5.31. The number of aromatic nitrogens is 3. The van der Waals surface area contributed by atoms with E-state index >= 15 is 0 Å². The van der Waals surface area contributed by atoms with Crippen molar-refractivity contribution in [2.75, 3.05) is 5.32 Å². The number of anilines is 1. The summed E-state index contributed by atoms with van der Waals surface area (Å²) in [5.74, 6) is 1.52. The molecule has 138 valence electrons. The van der Waals surface area contributed by atoms with Gasteiger partial charge in [-0.15, -0.1) is 10.2 Å². The van der Waals surface area contributed by atoms with Crippen LogP contribution in [0.3, 0.4) is 0 Å². The monoisotopic (exact) mass is 400 g/mol. The Morgan fingerprint density at radius 1 is 1.00 bits per heavy atom. The number of hydrogen-bond acceptors (Lipinski definition) is 3. The quantitative estimate of drug-likeness (QED) is 0.654. The van der Waals surface area contributed by atoms with Crippen molar-refractivity contribution < 1.29 is 4.79 Å². The van der Waals surface area contributed by atoms with Gasteiger partial charge in [-0.3, -0.25) is 4.79 Å². The Balaban J connectivity index is 1.62. The van der Waals surface area contributed by atoms with E-state index in [1.165, 1.54) is 6.42 Å². The van der Waals surface area contributed by atoms with E-state index in [1.807, 2.05) is 24.3 Å². The molecule has 0 aliphatic carbocycles. The lowest BCUT2D eigenvalue weighted by atomic mass is 10.1. The zero-order valence-electron chi connectivity index (χ0n) is 14.6. The van der Waals surface area contributed by atoms with E-state index in [0.29, 0.717) is 15.7 Å². The second-order valence-corrected chi connectivity index (χ2v) is 7.35. The predicted octanol–water partition coefficient (Wildman–Crippen LogP) is 5.23. The minimum Gasteiger partial charge on any atom is -0.322 e. The van der Waals surface area contributed by atoms with Gasteiger partial charge in [-0.25, -0.2) is 0 Å². The van der Waals surface area contributed by atoms with Gasteiger partial charge in [-0.05, 0) is 37.1 Å². The molecule has 1 aromatic heterocycles. The summed E-state index contributed by atoms with van der Waals surface area (Å²) in [5.41, 5.74) is 1.83. The molecule has 1 N–H and O–H groups in total. The van der Waals surface area contributed by atoms with Gasteiger partial charge in [0.15, 0.2) is 5.82 Å². The van der Waals surface area contributed by atoms with Crippen molar-refractivity contribution in [3.8, 4) is 11.4 Å². The van der Waals surface area contributed by atoms with E-state index in [0.717, 1.165) is 43.0 Å². The third-order valence-electron chi connectivity index (χ3n) is 4.68. The first-order valence-electron chi connectivity index (χ1n) is 8.91. The first kappa shape index (κ1) is 18.0. The van der Waals surface area contributed by atoms with Crippen LogP contribution >= 0.6 is 23.2 Å². The van der Waals surface area contributed by atoms with Gasteiger partial charge in [0.25, 0.3) is 5.91 Å². The number of aryl methyl sites for hydroxylation is 1. The summed E-state index contributed by atoms with van der Waals surface area (Å²) in [4.78, 5) is 12.6. The van der Waals surface area contributed by atoms with Crippen LogP contribution in [0.5, 0.6) is 0 Å². The number of fused-ring (bicyclic) bond motifs is 1. The molecule has 0 spiro atoms. The molecule has 0 saturated carbocycles. The molecule has 1 aliphatic rings. The molecular formula is C20H18Cl2N4O. The standard InChI is InChI=1S/C20H18Cl2N4O/c21-15-8-5-9-16(22)18(15)20(27)23-14-7-4-6-13(12-14)19-25-24-17-10-2-1-3-11-26(17)19/h4-9,12H,1-3,10-11H2,(H,23,27). The summed E-state index contributed by atoms with van der Waals surface area (Å²) in [5, 5.41) is 12.2. The SMILES string of the molecule is O=C(Nc1cccc(-c2nnc3n2CCCCC3)c1)c1c(Cl)cccc1Cl. The number of carbonyl (C=O) groups is 1. The summed E-state index contributed by atoms with van der Waals surface area (Å²) >= 11 is 12.3. The normalized spacial score (nSPS) is 13.7. The van der Waals surface area contributed by atoms with Crippen LogP contribution in [-0.4, -0.2) is 20.7 Å². The molecule has 4 rings (SSSR count). The van der Waals surface area contributed by atoms with Gasteiger partial charge in [-0.2, -0.15) is 0 Å². The summed E-state index contributed by atoms with van der Waals surface area (Å²) in [6.45, 7) is 0.920. The van der Waals surface area contributed by atoms with Crippen molar-refractivity contribution in [2.45, 2.75) is 32.2 Å². The van der Waals surface area contributed by atoms with Crippen molar-refractivity contribution in [3.05, 3.63) is 63.9 Å². The zero-order valence-corrected chi connectivity index (χ0v) is 16.1. The topological polar surface area (TPSA) is 59.8 Å². The molecule has 0 saturated heterocycles. The highest BCUT2D eigenvalue weighted by molar-refractivity contribution is 6.40. The second kappa shape index (κ2) is 7.71. The van der Waals surface area contributed by atoms with Crippen LogP contribution in [0.2, 0.25) is 10.0 Å². The molecule has 0 atom stereocenters. The molecule has 5 nitrogen and oxygen atoms in total. The van der Waals surface area contributed by atoms with Crippen LogP contribution in [0.15, 0.2) is 42.5 Å². The van der Waals surface area contributed by atoms with Gasteiger partial charge >= 0.3 is 0 Å². The minimum atomic E-state index is -0.345. The van der Waals surface area contributed by atoms with Crippen LogP contribution in [0.25, 0.3) is 11.4 Å². The van der Waals surface area contributed by atoms with Crippen LogP contribution in [0, 0.1) is 0 Å². The fourth-order valence-electron chi connectivity index (χ4n) is 3.34. The zero-order chi connectivity index (χ0) is 18.8. The minimum absolute atomic E-state index is 0.266. The van der Waals surface area contributed by atoms with Crippen molar-refractivity contribution in [2.24, 2.45) is 0 Å². The maximum absolute atomic E-state index is 12.6. The number of nitrogens with one attached hydrogen (secondary N) is 1. The van der Waals surface area contributed by atoms with Crippen molar-refractivity contribution in [1.82, 2.24) is 14.8 Å². The van der Waals surface area contributed by atoms with E-state index in [-0.39, 0.29) is 11.5 Å². The third kappa shape index (κ3) is 3.70. The Kier molecular flexibility index (Phi) is 5.14. The van der Waals surface area contributed by atoms with E-state index < -0.39 is 0 Å². The van der Waals surface area contributed by atoms with Crippen molar-refractivity contribution in [3.63, 3.8) is 0 Å². The number of nitrogens with zero attached hydrogens (tertiary/aromatic N) is 3. The van der Waals surface area contributed by atoms with Crippen LogP contribution in [0.1, 0.15) is 35.4 Å². The van der Waals surface area contributed by atoms with E-state index in [1.54, 1.807) is 18.2 Å². The number of carbonyl (C=O) groups excluding carboxylic acids is 1. The highest BCUT2D eigenvalue weighted by atomic mass is 35.5. The first-order chi connectivity index (χ1) is 13.1. The highest BCUT2D eigenvalue weighted by Gasteiger charge is 2.18. The summed E-state index contributed by atoms with van der Waals surface area (Å²) in [6, 6.07) is 12.6. The highest BCUT2D eigenvalue weighted by Crippen LogP contribution is 2.27. The molecule has 2 aromatic carbocycles. The summed E-state index contributed by atoms with van der Waals surface area (Å²) in [6.07, 6.45) is 4.43. The fraction of sp³-hybridized carbons (Fsp3) is 0.250. The van der Waals surface area contributed by atoms with E-state index in [4.69, 9.17) is 23.2 Å². The number of amides is 1. The van der Waals surface area contributed by atoms with Gasteiger partial charge < -0.3 is 9.88 Å². The summed E-state index contributed by atoms with van der Waals surface area (Å²) < 4.78 is 2.18. The molecule has 0 fully saturated rings. The number of halogens is 2. The Hall–Kier alpha value is -2.37. The number of benzene rings is 2. The maximum atomic E-state index is 12.6. The van der Waals surface area contributed by atoms with Crippen molar-refractivity contribution in [1.29, 1.82) is 0 Å². The van der Waals surface area contributed by atoms with Gasteiger partial charge in [-0.1, -0.05) is 47.8 Å². The summed E-state index contributed by atoms with van der Waals surface area (Å²) in [7, 11) is 0. The van der Waals surface area contributed by atoms with Crippen LogP contribution < -0.4 is 5.32 Å². The Labute approximate surface area is 167 Å². The molecule has 0 radical (unpaired) electrons. The fourth-order valence-corrected chi connectivity index (χ4v) is 3.91. The van der Waals surface area contributed by atoms with Gasteiger partial charge in [0, 0.05) is 24.2 Å². The predicted molar refractivity (Wildman–Crippen MR) is 107 cm³/mol. The molecule has 0 unspecified atom stereocenters. The largest absolute Gasteiger partial charge is 0.322 e. The van der Waals surface area contributed by atoms with Crippen LogP contribution in [0.4, 0.5) is 5.69 Å². The Bertz CT molecular complexity index is 979. The lowest BCUT2D eigenvalue weighted by Crippen LogP contribution is -2.13. The van der Waals surface area contributed by atoms with Gasteiger partial charge in [0.05, 0.1) is 15.6 Å². The number of rotatable bonds is 3. The average Bonchev–Trinajstić information content (AvgIpc) is 2.90. The van der Waals surface area contributed by atoms with Crippen molar-refractivity contribution >= 4 is 34.8 Å². The lowest BCUT2D eigenvalue weighted by Gasteiger charge is -2.11. The van der Waals surface area contributed by atoms with Crippen LogP contribution in [-0.2, 0) is 13.0 Å². The molecule has 0 bridgehead atoms. The smallest absolute Gasteiger partial charge is 0.258 e. The number of hydrogen-bond donors (Lipinski definition) is 1. The molecule has 27 heavy (non-hydrogen) atoms. The lowest BCUT2D eigenvalue weighted by molar-refractivity contribution is 0.102. The molecule has 2 heterocycles. The molecular weight excluding hydrogens is 383 g/mol. The Morgan fingerprint density at radius 3 is 2.59 bits per heavy atom. The van der Waals surface area contributed by atoms with E-state index in [9.17, 15) is 4.79 Å². The van der Waals surface area contributed by atoms with Gasteiger partial charge in [0.2, 0.25) is 0 Å². The molecule has 3 aromatic rings. The molecule has 7 heteroatoms. The Morgan fingerprint density at radius 2 is 1.78 bits per heavy atom. The van der Waals surface area contributed by atoms with Gasteiger partial charge in [0.1, 0.15) is 5.82 Å². The first-order valence-corrected chi connectivity index (χ1v) is 9.67. The maximum Gasteiger partial charge on any atom is 0.258 e. The average molecular weight is 401 g/mol. The van der Waals surface area contributed by atoms with E-state index in [2.05, 4.69) is 20.1 Å². The molecule has 1 aliphatic heterocycles.